The van der Waals surface area contributed by atoms with Gasteiger partial charge in [-0.05, 0) is 73.0 Å². The largest absolute Gasteiger partial charge is 0.497 e. The predicted molar refractivity (Wildman–Crippen MR) is 153 cm³/mol. The maximum absolute atomic E-state index is 6.84. The molecule has 1 aliphatic heterocycles. The molecule has 3 aromatic rings. The van der Waals surface area contributed by atoms with E-state index >= 15 is 0 Å². The van der Waals surface area contributed by atoms with Crippen LogP contribution in [0.3, 0.4) is 0 Å². The van der Waals surface area contributed by atoms with Gasteiger partial charge in [-0.25, -0.2) is 0 Å². The van der Waals surface area contributed by atoms with Gasteiger partial charge in [0.15, 0.2) is 0 Å². The van der Waals surface area contributed by atoms with E-state index in [2.05, 4.69) is 91.1 Å². The molecule has 1 fully saturated rings. The van der Waals surface area contributed by atoms with Gasteiger partial charge < -0.3 is 20.1 Å². The lowest BCUT2D eigenvalue weighted by atomic mass is 9.80. The van der Waals surface area contributed by atoms with Crippen LogP contribution >= 0.6 is 0 Å². The number of nitrogens with one attached hydrogen (secondary N) is 2. The van der Waals surface area contributed by atoms with Gasteiger partial charge in [0.2, 0.25) is 0 Å². The molecule has 4 rings (SSSR count). The molecule has 37 heavy (non-hydrogen) atoms. The van der Waals surface area contributed by atoms with Gasteiger partial charge in [-0.3, -0.25) is 9.90 Å². The highest BCUT2D eigenvalue weighted by molar-refractivity contribution is 5.51. The van der Waals surface area contributed by atoms with Crippen LogP contribution in [-0.4, -0.2) is 39.0 Å². The van der Waals surface area contributed by atoms with Crippen molar-refractivity contribution in [3.05, 3.63) is 78.9 Å². The molecule has 0 spiro atoms. The second kappa shape index (κ2) is 12.7. The van der Waals surface area contributed by atoms with Gasteiger partial charge >= 0.3 is 0 Å². The van der Waals surface area contributed by atoms with Crippen molar-refractivity contribution < 1.29 is 14.3 Å². The van der Waals surface area contributed by atoms with E-state index in [4.69, 9.17) is 14.3 Å². The van der Waals surface area contributed by atoms with E-state index < -0.39 is 0 Å². The maximum atomic E-state index is 6.84. The number of methoxy groups -OCH3 is 2. The molecule has 6 nitrogen and oxygen atoms in total. The number of ether oxygens (including phenoxy) is 2. The van der Waals surface area contributed by atoms with Gasteiger partial charge in [-0.15, -0.1) is 0 Å². The summed E-state index contributed by atoms with van der Waals surface area (Å²) in [7, 11) is 3.39. The van der Waals surface area contributed by atoms with Crippen LogP contribution in [0.1, 0.15) is 33.6 Å². The molecule has 2 N–H and O–H groups in total. The third-order valence-corrected chi connectivity index (χ3v) is 7.15. The summed E-state index contributed by atoms with van der Waals surface area (Å²) in [6.07, 6.45) is 2.08. The summed E-state index contributed by atoms with van der Waals surface area (Å²) >= 11 is 0. The van der Waals surface area contributed by atoms with E-state index in [1.54, 1.807) is 14.2 Å². The van der Waals surface area contributed by atoms with Crippen LogP contribution in [0.15, 0.2) is 78.9 Å². The lowest BCUT2D eigenvalue weighted by molar-refractivity contribution is -0.0760. The van der Waals surface area contributed by atoms with Crippen LogP contribution in [0.25, 0.3) is 0 Å². The Morgan fingerprint density at radius 2 is 1.43 bits per heavy atom. The van der Waals surface area contributed by atoms with E-state index in [9.17, 15) is 0 Å². The Hall–Kier alpha value is -3.38. The number of nitrogens with zero attached hydrogens (tertiary/aromatic N) is 1. The molecule has 0 aromatic heterocycles. The molecule has 0 unspecified atom stereocenters. The normalized spacial score (nSPS) is 21.5. The van der Waals surface area contributed by atoms with E-state index in [-0.39, 0.29) is 24.1 Å². The molecule has 6 heteroatoms. The van der Waals surface area contributed by atoms with Gasteiger partial charge in [0, 0.05) is 23.8 Å². The first-order chi connectivity index (χ1) is 18.0. The van der Waals surface area contributed by atoms with Crippen molar-refractivity contribution in [3.8, 4) is 11.5 Å². The van der Waals surface area contributed by atoms with Crippen LogP contribution in [0.5, 0.6) is 11.5 Å². The molecule has 0 aliphatic carbocycles. The van der Waals surface area contributed by atoms with Crippen molar-refractivity contribution >= 4 is 17.1 Å². The third kappa shape index (κ3) is 6.50. The summed E-state index contributed by atoms with van der Waals surface area (Å²) in [6.45, 7) is 7.54. The number of hydroxylamine groups is 1. The Morgan fingerprint density at radius 3 is 1.97 bits per heavy atom. The summed E-state index contributed by atoms with van der Waals surface area (Å²) in [5.74, 6) is 2.29. The van der Waals surface area contributed by atoms with E-state index in [1.165, 1.54) is 0 Å². The van der Waals surface area contributed by atoms with E-state index in [0.29, 0.717) is 5.92 Å². The first-order valence-corrected chi connectivity index (χ1v) is 13.3. The molecular weight excluding hydrogens is 462 g/mol. The highest BCUT2D eigenvalue weighted by Crippen LogP contribution is 2.37. The number of para-hydroxylation sites is 1. The molecule has 1 heterocycles. The minimum Gasteiger partial charge on any atom is -0.497 e. The molecule has 0 amide bonds. The first-order valence-electron chi connectivity index (χ1n) is 13.3. The first kappa shape index (κ1) is 26.7. The average Bonchev–Trinajstić information content (AvgIpc) is 2.94. The van der Waals surface area contributed by atoms with Crippen LogP contribution in [0.2, 0.25) is 0 Å². The van der Waals surface area contributed by atoms with Crippen molar-refractivity contribution in [2.45, 2.75) is 51.8 Å². The smallest absolute Gasteiger partial charge is 0.119 e. The molecule has 3 aromatic carbocycles. The van der Waals surface area contributed by atoms with Crippen LogP contribution in [0, 0.1) is 11.8 Å². The molecule has 198 valence electrons. The minimum absolute atomic E-state index is 0.0157. The van der Waals surface area contributed by atoms with Crippen molar-refractivity contribution in [1.29, 1.82) is 0 Å². The number of hydrogen-bond donors (Lipinski definition) is 2. The third-order valence-electron chi connectivity index (χ3n) is 7.15. The van der Waals surface area contributed by atoms with Crippen LogP contribution in [-0.2, 0) is 4.84 Å². The van der Waals surface area contributed by atoms with Crippen molar-refractivity contribution in [1.82, 2.24) is 0 Å². The van der Waals surface area contributed by atoms with Gasteiger partial charge in [0.1, 0.15) is 17.6 Å². The standard InChI is InChI=1S/C31H41N3O3/c1-6-10-29-28(21-32-23-13-17-26(35-4)18-14-23)30(33-24-15-19-27(36-5)20-16-24)31(22(2)3)37-34(29)25-11-8-7-9-12-25/h7-9,11-20,22,28-33H,6,10,21H2,1-5H3/t28-,29-,30+,31-/m1/s1. The summed E-state index contributed by atoms with van der Waals surface area (Å²) in [4.78, 5) is 6.84. The summed E-state index contributed by atoms with van der Waals surface area (Å²) < 4.78 is 10.7. The lowest BCUT2D eigenvalue weighted by Gasteiger charge is -2.51. The Bertz CT molecular complexity index is 1070. The Morgan fingerprint density at radius 1 is 0.838 bits per heavy atom. The molecule has 4 atom stereocenters. The lowest BCUT2D eigenvalue weighted by Crippen LogP contribution is -2.62. The van der Waals surface area contributed by atoms with Crippen LogP contribution < -0.4 is 25.2 Å². The predicted octanol–water partition coefficient (Wildman–Crippen LogP) is 6.86. The molecule has 0 saturated carbocycles. The van der Waals surface area contributed by atoms with Crippen molar-refractivity contribution in [3.63, 3.8) is 0 Å². The average molecular weight is 504 g/mol. The monoisotopic (exact) mass is 503 g/mol. The zero-order chi connectivity index (χ0) is 26.2. The van der Waals surface area contributed by atoms with Gasteiger partial charge in [-0.1, -0.05) is 45.4 Å². The van der Waals surface area contributed by atoms with E-state index in [0.717, 1.165) is 47.9 Å². The van der Waals surface area contributed by atoms with Gasteiger partial charge in [-0.2, -0.15) is 0 Å². The van der Waals surface area contributed by atoms with E-state index in [1.807, 2.05) is 24.3 Å². The molecule has 1 aliphatic rings. The molecule has 0 bridgehead atoms. The second-order valence-corrected chi connectivity index (χ2v) is 10.0. The highest BCUT2D eigenvalue weighted by Gasteiger charge is 2.45. The Labute approximate surface area is 221 Å². The molecule has 0 radical (unpaired) electrons. The number of hydrogen-bond acceptors (Lipinski definition) is 6. The zero-order valence-corrected chi connectivity index (χ0v) is 22.7. The zero-order valence-electron chi connectivity index (χ0n) is 22.7. The topological polar surface area (TPSA) is 55.0 Å². The highest BCUT2D eigenvalue weighted by atomic mass is 16.7. The number of anilines is 3. The quantitative estimate of drug-likeness (QED) is 0.298. The molecule has 1 saturated heterocycles. The number of benzene rings is 3. The summed E-state index contributed by atoms with van der Waals surface area (Å²) in [5.41, 5.74) is 3.25. The fourth-order valence-electron chi connectivity index (χ4n) is 5.20. The maximum Gasteiger partial charge on any atom is 0.119 e. The SMILES string of the molecule is CCC[C@@H]1[C@@H](CNc2ccc(OC)cc2)[C@H](Nc2ccc(OC)cc2)[C@@H](C(C)C)ON1c1ccccc1. The Kier molecular flexibility index (Phi) is 9.18. The fourth-order valence-corrected chi connectivity index (χ4v) is 5.20. The van der Waals surface area contributed by atoms with Gasteiger partial charge in [0.25, 0.3) is 0 Å². The van der Waals surface area contributed by atoms with Crippen molar-refractivity contribution in [2.24, 2.45) is 11.8 Å². The van der Waals surface area contributed by atoms with Crippen molar-refractivity contribution in [2.75, 3.05) is 36.5 Å². The minimum atomic E-state index is -0.0157. The van der Waals surface area contributed by atoms with Gasteiger partial charge in [0.05, 0.1) is 32.0 Å². The summed E-state index contributed by atoms with van der Waals surface area (Å²) in [5, 5.41) is 9.76. The summed E-state index contributed by atoms with van der Waals surface area (Å²) in [6, 6.07) is 27.1. The van der Waals surface area contributed by atoms with Crippen LogP contribution in [0.4, 0.5) is 17.1 Å². The second-order valence-electron chi connectivity index (χ2n) is 10.0. The Balaban J connectivity index is 1.68. The molecular formula is C31H41N3O3. The number of rotatable bonds is 11. The fraction of sp³-hybridized carbons (Fsp3) is 0.419.